The molecule has 100 valence electrons. The summed E-state index contributed by atoms with van der Waals surface area (Å²) in [5.41, 5.74) is 6.02. The van der Waals surface area contributed by atoms with Gasteiger partial charge in [-0.15, -0.1) is 0 Å². The Morgan fingerprint density at radius 1 is 1.06 bits per heavy atom. The third kappa shape index (κ3) is 6.55. The Morgan fingerprint density at radius 3 is 1.78 bits per heavy atom. The van der Waals surface area contributed by atoms with E-state index in [4.69, 9.17) is 5.73 Å². The minimum absolute atomic E-state index is 0.0176. The molecular weight excluding hydrogens is 294 g/mol. The number of carbonyl (C=O) groups is 2. The van der Waals surface area contributed by atoms with Gasteiger partial charge in [0, 0.05) is 11.1 Å². The van der Waals surface area contributed by atoms with E-state index in [1.165, 1.54) is 31.4 Å². The highest BCUT2D eigenvalue weighted by atomic mass is 79.9. The summed E-state index contributed by atoms with van der Waals surface area (Å²) in [5, 5.41) is 0.281. The summed E-state index contributed by atoms with van der Waals surface area (Å²) in [7, 11) is 0. The van der Waals surface area contributed by atoms with Crippen LogP contribution in [-0.2, 0) is 0 Å². The molecule has 0 bridgehead atoms. The van der Waals surface area contributed by atoms with Crippen molar-refractivity contribution in [2.75, 3.05) is 5.33 Å². The van der Waals surface area contributed by atoms with Gasteiger partial charge in [0.25, 0.3) is 0 Å². The minimum Gasteiger partial charge on any atom is -0.366 e. The van der Waals surface area contributed by atoms with Gasteiger partial charge in [-0.2, -0.15) is 0 Å². The van der Waals surface area contributed by atoms with Gasteiger partial charge in [0.05, 0.1) is 5.33 Å². The quantitative estimate of drug-likeness (QED) is 0.667. The third-order valence-corrected chi connectivity index (χ3v) is 2.83. The Hall–Kier alpha value is -1.16. The van der Waals surface area contributed by atoms with Crippen molar-refractivity contribution in [2.24, 2.45) is 5.73 Å². The molecule has 1 aromatic rings. The standard InChI is InChI=1S/C9H8BrNO2.C5H12/c10-5-8(12)6-1-3-7(4-2-6)9(11)13;1-3-5-4-2/h1-4H,5H2,(H2,11,13);3-5H2,1-2H3. The monoisotopic (exact) mass is 313 g/mol. The van der Waals surface area contributed by atoms with Crippen molar-refractivity contribution in [1.82, 2.24) is 0 Å². The maximum absolute atomic E-state index is 11.1. The molecule has 18 heavy (non-hydrogen) atoms. The van der Waals surface area contributed by atoms with Gasteiger partial charge >= 0.3 is 0 Å². The van der Waals surface area contributed by atoms with E-state index >= 15 is 0 Å². The van der Waals surface area contributed by atoms with Crippen LogP contribution >= 0.6 is 15.9 Å². The number of rotatable bonds is 5. The Labute approximate surface area is 117 Å². The van der Waals surface area contributed by atoms with Crippen LogP contribution in [0.15, 0.2) is 24.3 Å². The Morgan fingerprint density at radius 2 is 1.50 bits per heavy atom. The molecule has 4 heteroatoms. The molecule has 0 aliphatic rings. The molecule has 0 saturated heterocycles. The molecule has 2 N–H and O–H groups in total. The van der Waals surface area contributed by atoms with Gasteiger partial charge in [0.2, 0.25) is 5.91 Å². The number of halogens is 1. The van der Waals surface area contributed by atoms with Crippen LogP contribution in [0.3, 0.4) is 0 Å². The fraction of sp³-hybridized carbons (Fsp3) is 0.429. The molecule has 0 aromatic heterocycles. The lowest BCUT2D eigenvalue weighted by atomic mass is 10.1. The molecule has 0 aliphatic carbocycles. The largest absolute Gasteiger partial charge is 0.366 e. The molecule has 0 atom stereocenters. The normalized spacial score (nSPS) is 9.28. The fourth-order valence-corrected chi connectivity index (χ4v) is 1.57. The van der Waals surface area contributed by atoms with Crippen molar-refractivity contribution in [3.05, 3.63) is 35.4 Å². The SMILES string of the molecule is CCCCC.NC(=O)c1ccc(C(=O)CBr)cc1. The van der Waals surface area contributed by atoms with Crippen molar-refractivity contribution in [3.8, 4) is 0 Å². The average molecular weight is 314 g/mol. The zero-order chi connectivity index (χ0) is 14.0. The Balaban J connectivity index is 0.000000494. The van der Waals surface area contributed by atoms with Gasteiger partial charge in [-0.25, -0.2) is 0 Å². The first-order valence-corrected chi connectivity index (χ1v) is 7.17. The van der Waals surface area contributed by atoms with Crippen molar-refractivity contribution in [2.45, 2.75) is 33.1 Å². The molecule has 1 aromatic carbocycles. The summed E-state index contributed by atoms with van der Waals surface area (Å²) >= 11 is 3.06. The second-order valence-corrected chi connectivity index (χ2v) is 4.41. The number of Topliss-reactive ketones (excluding diaryl/α,β-unsaturated/α-hetero) is 1. The van der Waals surface area contributed by atoms with Gasteiger partial charge in [-0.3, -0.25) is 9.59 Å². The molecule has 1 rings (SSSR count). The van der Waals surface area contributed by atoms with E-state index in [-0.39, 0.29) is 11.1 Å². The molecule has 1 amide bonds. The number of hydrogen-bond acceptors (Lipinski definition) is 2. The molecular formula is C14H20BrNO2. The van der Waals surface area contributed by atoms with Gasteiger partial charge in [0.15, 0.2) is 5.78 Å². The van der Waals surface area contributed by atoms with E-state index in [1.54, 1.807) is 12.1 Å². The lowest BCUT2D eigenvalue weighted by Gasteiger charge is -1.98. The summed E-state index contributed by atoms with van der Waals surface area (Å²) < 4.78 is 0. The lowest BCUT2D eigenvalue weighted by Crippen LogP contribution is -2.11. The van der Waals surface area contributed by atoms with Crippen LogP contribution in [0.4, 0.5) is 0 Å². The van der Waals surface area contributed by atoms with Crippen LogP contribution in [0.1, 0.15) is 53.8 Å². The predicted molar refractivity (Wildman–Crippen MR) is 78.3 cm³/mol. The zero-order valence-corrected chi connectivity index (χ0v) is 12.5. The maximum atomic E-state index is 11.1. The molecule has 0 aliphatic heterocycles. The summed E-state index contributed by atoms with van der Waals surface area (Å²) in [4.78, 5) is 21.8. The van der Waals surface area contributed by atoms with Gasteiger partial charge in [-0.05, 0) is 12.1 Å². The molecule has 0 spiro atoms. The number of nitrogens with two attached hydrogens (primary N) is 1. The number of carbonyl (C=O) groups excluding carboxylic acids is 2. The number of primary amides is 1. The summed E-state index contributed by atoms with van der Waals surface area (Å²) in [5.74, 6) is -0.506. The molecule has 0 radical (unpaired) electrons. The second kappa shape index (κ2) is 9.83. The molecule has 0 unspecified atom stereocenters. The number of benzene rings is 1. The predicted octanol–water partition coefficient (Wildman–Crippen LogP) is 3.56. The number of hydrogen-bond donors (Lipinski definition) is 1. The van der Waals surface area contributed by atoms with E-state index in [9.17, 15) is 9.59 Å². The fourth-order valence-electron chi connectivity index (χ4n) is 1.25. The van der Waals surface area contributed by atoms with Crippen LogP contribution < -0.4 is 5.73 Å². The average Bonchev–Trinajstić information content (AvgIpc) is 2.39. The number of alkyl halides is 1. The van der Waals surface area contributed by atoms with E-state index in [0.717, 1.165) is 0 Å². The van der Waals surface area contributed by atoms with Crippen molar-refractivity contribution in [3.63, 3.8) is 0 Å². The van der Waals surface area contributed by atoms with Crippen LogP contribution in [0.25, 0.3) is 0 Å². The van der Waals surface area contributed by atoms with E-state index in [2.05, 4.69) is 29.8 Å². The maximum Gasteiger partial charge on any atom is 0.248 e. The van der Waals surface area contributed by atoms with E-state index < -0.39 is 5.91 Å². The van der Waals surface area contributed by atoms with Crippen molar-refractivity contribution >= 4 is 27.6 Å². The van der Waals surface area contributed by atoms with Crippen molar-refractivity contribution < 1.29 is 9.59 Å². The van der Waals surface area contributed by atoms with Crippen LogP contribution in [0.5, 0.6) is 0 Å². The first kappa shape index (κ1) is 16.8. The van der Waals surface area contributed by atoms with Gasteiger partial charge in [0.1, 0.15) is 0 Å². The van der Waals surface area contributed by atoms with Crippen molar-refractivity contribution in [1.29, 1.82) is 0 Å². The highest BCUT2D eigenvalue weighted by Crippen LogP contribution is 2.05. The summed E-state index contributed by atoms with van der Waals surface area (Å²) in [6, 6.07) is 6.25. The molecule has 0 fully saturated rings. The Kier molecular flexibility index (Phi) is 9.19. The summed E-state index contributed by atoms with van der Waals surface area (Å²) in [6.07, 6.45) is 4.08. The Bertz CT molecular complexity index is 372. The molecule has 0 heterocycles. The summed E-state index contributed by atoms with van der Waals surface area (Å²) in [6.45, 7) is 4.42. The van der Waals surface area contributed by atoms with Crippen LogP contribution in [-0.4, -0.2) is 17.0 Å². The first-order chi connectivity index (χ1) is 8.56. The smallest absolute Gasteiger partial charge is 0.248 e. The highest BCUT2D eigenvalue weighted by Gasteiger charge is 2.04. The lowest BCUT2D eigenvalue weighted by molar-refractivity contribution is 0.0994. The first-order valence-electron chi connectivity index (χ1n) is 6.05. The third-order valence-electron chi connectivity index (χ3n) is 2.32. The highest BCUT2D eigenvalue weighted by molar-refractivity contribution is 9.09. The zero-order valence-electron chi connectivity index (χ0n) is 10.9. The van der Waals surface area contributed by atoms with Gasteiger partial charge < -0.3 is 5.73 Å². The minimum atomic E-state index is -0.488. The topological polar surface area (TPSA) is 60.2 Å². The van der Waals surface area contributed by atoms with E-state index in [0.29, 0.717) is 11.1 Å². The molecule has 3 nitrogen and oxygen atoms in total. The molecule has 0 saturated carbocycles. The van der Waals surface area contributed by atoms with Gasteiger partial charge in [-0.1, -0.05) is 61.2 Å². The number of amides is 1. The van der Waals surface area contributed by atoms with E-state index in [1.807, 2.05) is 0 Å². The van der Waals surface area contributed by atoms with Crippen LogP contribution in [0, 0.1) is 0 Å². The number of unbranched alkanes of at least 4 members (excludes halogenated alkanes) is 2. The van der Waals surface area contributed by atoms with Crippen LogP contribution in [0.2, 0.25) is 0 Å². The second-order valence-electron chi connectivity index (χ2n) is 3.85. The number of ketones is 1.